The van der Waals surface area contributed by atoms with E-state index in [9.17, 15) is 9.59 Å². The van der Waals surface area contributed by atoms with Gasteiger partial charge in [0.15, 0.2) is 0 Å². The Morgan fingerprint density at radius 2 is 1.81 bits per heavy atom. The second-order valence-corrected chi connectivity index (χ2v) is 5.57. The number of hydrogen-bond acceptors (Lipinski definition) is 3. The van der Waals surface area contributed by atoms with Crippen molar-refractivity contribution in [3.8, 4) is 11.3 Å². The minimum Gasteiger partial charge on any atom is -0.324 e. The van der Waals surface area contributed by atoms with Crippen LogP contribution >= 0.6 is 0 Å². The second kappa shape index (κ2) is 5.21. The molecule has 21 heavy (non-hydrogen) atoms. The van der Waals surface area contributed by atoms with Crippen LogP contribution in [0, 0.1) is 0 Å². The van der Waals surface area contributed by atoms with Gasteiger partial charge in [0.2, 0.25) is 5.91 Å². The first-order chi connectivity index (χ1) is 10.1. The van der Waals surface area contributed by atoms with Crippen molar-refractivity contribution >= 4 is 11.6 Å². The Morgan fingerprint density at radius 3 is 2.38 bits per heavy atom. The van der Waals surface area contributed by atoms with Gasteiger partial charge in [-0.05, 0) is 30.5 Å². The quantitative estimate of drug-likeness (QED) is 0.688. The van der Waals surface area contributed by atoms with E-state index in [0.29, 0.717) is 11.4 Å². The van der Waals surface area contributed by atoms with Crippen LogP contribution in [0.3, 0.4) is 0 Å². The Morgan fingerprint density at radius 1 is 1.14 bits per heavy atom. The minimum atomic E-state index is -0.732. The molecule has 1 aliphatic carbocycles. The van der Waals surface area contributed by atoms with Gasteiger partial charge in [-0.15, -0.1) is 0 Å². The fraction of sp³-hybridized carbons (Fsp3) is 0.333. The molecule has 6 heteroatoms. The maximum Gasteiger partial charge on any atom is 0.264 e. The predicted octanol–water partition coefficient (Wildman–Crippen LogP) is 1.58. The zero-order chi connectivity index (χ0) is 14.9. The molecule has 110 valence electrons. The van der Waals surface area contributed by atoms with Crippen LogP contribution in [0.1, 0.15) is 25.7 Å². The highest BCUT2D eigenvalue weighted by Gasteiger charge is 2.36. The number of benzene rings is 1. The lowest BCUT2D eigenvalue weighted by Crippen LogP contribution is -2.48. The van der Waals surface area contributed by atoms with Crippen molar-refractivity contribution in [1.82, 2.24) is 10.2 Å². The number of rotatable bonds is 3. The van der Waals surface area contributed by atoms with Crippen LogP contribution in [0.25, 0.3) is 11.3 Å². The van der Waals surface area contributed by atoms with Gasteiger partial charge in [-0.1, -0.05) is 25.0 Å². The van der Waals surface area contributed by atoms with E-state index in [0.717, 1.165) is 31.2 Å². The molecule has 1 aromatic heterocycles. The van der Waals surface area contributed by atoms with Crippen molar-refractivity contribution in [2.75, 3.05) is 5.32 Å². The standard InChI is InChI=1S/C15H18N4O2/c16-15(7-1-2-8-15)14(21)17-11-5-3-10(4-6-11)12-9-13(20)19-18-12/h3-6,9H,1-2,7-8,16H2,(H,17,21)(H2,18,19,20). The third kappa shape index (κ3) is 2.75. The number of hydrogen-bond donors (Lipinski definition) is 4. The molecule has 3 rings (SSSR count). The maximum atomic E-state index is 12.2. The predicted molar refractivity (Wildman–Crippen MR) is 80.9 cm³/mol. The minimum absolute atomic E-state index is 0.122. The molecule has 0 bridgehead atoms. The average molecular weight is 286 g/mol. The van der Waals surface area contributed by atoms with Gasteiger partial charge in [-0.25, -0.2) is 0 Å². The Hall–Kier alpha value is -2.34. The number of H-pyrrole nitrogens is 2. The summed E-state index contributed by atoms with van der Waals surface area (Å²) < 4.78 is 0. The smallest absolute Gasteiger partial charge is 0.264 e. The van der Waals surface area contributed by atoms with Crippen LogP contribution in [-0.4, -0.2) is 21.6 Å². The lowest BCUT2D eigenvalue weighted by Gasteiger charge is -2.22. The zero-order valence-electron chi connectivity index (χ0n) is 11.6. The monoisotopic (exact) mass is 286 g/mol. The third-order valence-electron chi connectivity index (χ3n) is 4.00. The molecule has 1 saturated carbocycles. The van der Waals surface area contributed by atoms with Gasteiger partial charge < -0.3 is 11.1 Å². The van der Waals surface area contributed by atoms with Crippen LogP contribution in [0.15, 0.2) is 35.1 Å². The summed E-state index contributed by atoms with van der Waals surface area (Å²) in [6.45, 7) is 0. The molecule has 0 aliphatic heterocycles. The Kier molecular flexibility index (Phi) is 3.39. The van der Waals surface area contributed by atoms with Gasteiger partial charge in [0, 0.05) is 11.8 Å². The SMILES string of the molecule is NC1(C(=O)Nc2ccc(-c3cc(=O)[nH][nH]3)cc2)CCCC1. The molecule has 0 radical (unpaired) electrons. The molecular formula is C15H18N4O2. The summed E-state index contributed by atoms with van der Waals surface area (Å²) in [6.07, 6.45) is 3.48. The highest BCUT2D eigenvalue weighted by atomic mass is 16.2. The fourth-order valence-electron chi connectivity index (χ4n) is 2.71. The molecule has 1 amide bonds. The molecule has 0 atom stereocenters. The first-order valence-electron chi connectivity index (χ1n) is 7.05. The van der Waals surface area contributed by atoms with Crippen molar-refractivity contribution < 1.29 is 4.79 Å². The van der Waals surface area contributed by atoms with Crippen LogP contribution in [0.4, 0.5) is 5.69 Å². The lowest BCUT2D eigenvalue weighted by atomic mass is 9.98. The summed E-state index contributed by atoms with van der Waals surface area (Å²) in [4.78, 5) is 23.3. The molecule has 0 unspecified atom stereocenters. The van der Waals surface area contributed by atoms with Gasteiger partial charge >= 0.3 is 0 Å². The first-order valence-corrected chi connectivity index (χ1v) is 7.05. The van der Waals surface area contributed by atoms with Crippen molar-refractivity contribution in [3.05, 3.63) is 40.7 Å². The highest BCUT2D eigenvalue weighted by Crippen LogP contribution is 2.28. The summed E-state index contributed by atoms with van der Waals surface area (Å²) in [6, 6.07) is 8.77. The van der Waals surface area contributed by atoms with Crippen molar-refractivity contribution in [2.45, 2.75) is 31.2 Å². The van der Waals surface area contributed by atoms with E-state index < -0.39 is 5.54 Å². The average Bonchev–Trinajstić information content (AvgIpc) is 3.09. The van der Waals surface area contributed by atoms with E-state index in [1.165, 1.54) is 6.07 Å². The summed E-state index contributed by atoms with van der Waals surface area (Å²) in [5.74, 6) is -0.122. The molecule has 6 nitrogen and oxygen atoms in total. The van der Waals surface area contributed by atoms with Gasteiger partial charge in [0.25, 0.3) is 5.56 Å². The molecule has 0 saturated heterocycles. The van der Waals surface area contributed by atoms with Gasteiger partial charge in [0.05, 0.1) is 11.2 Å². The lowest BCUT2D eigenvalue weighted by molar-refractivity contribution is -0.121. The summed E-state index contributed by atoms with van der Waals surface area (Å²) in [5.41, 5.74) is 7.50. The molecule has 2 aromatic rings. The van der Waals surface area contributed by atoms with Crippen LogP contribution in [0.5, 0.6) is 0 Å². The number of nitrogens with two attached hydrogens (primary N) is 1. The Labute approximate surface area is 121 Å². The summed E-state index contributed by atoms with van der Waals surface area (Å²) >= 11 is 0. The van der Waals surface area contributed by atoms with E-state index in [2.05, 4.69) is 15.5 Å². The van der Waals surface area contributed by atoms with E-state index in [-0.39, 0.29) is 11.5 Å². The molecular weight excluding hydrogens is 268 g/mol. The zero-order valence-corrected chi connectivity index (χ0v) is 11.6. The second-order valence-electron chi connectivity index (χ2n) is 5.57. The fourth-order valence-corrected chi connectivity index (χ4v) is 2.71. The highest BCUT2D eigenvalue weighted by molar-refractivity contribution is 5.98. The van der Waals surface area contributed by atoms with E-state index in [1.54, 1.807) is 12.1 Å². The number of nitrogens with one attached hydrogen (secondary N) is 3. The van der Waals surface area contributed by atoms with Crippen LogP contribution in [-0.2, 0) is 4.79 Å². The third-order valence-corrected chi connectivity index (χ3v) is 4.00. The molecule has 1 fully saturated rings. The summed E-state index contributed by atoms with van der Waals surface area (Å²) in [5, 5.41) is 8.14. The molecule has 1 aromatic carbocycles. The Bertz CT molecular complexity index is 693. The van der Waals surface area contributed by atoms with Crippen LogP contribution < -0.4 is 16.6 Å². The number of aromatic amines is 2. The number of carbonyl (C=O) groups is 1. The van der Waals surface area contributed by atoms with Gasteiger partial charge in [-0.2, -0.15) is 0 Å². The van der Waals surface area contributed by atoms with E-state index in [4.69, 9.17) is 5.73 Å². The summed E-state index contributed by atoms with van der Waals surface area (Å²) in [7, 11) is 0. The molecule has 0 spiro atoms. The maximum absolute atomic E-state index is 12.2. The van der Waals surface area contributed by atoms with Crippen molar-refractivity contribution in [3.63, 3.8) is 0 Å². The van der Waals surface area contributed by atoms with Crippen LogP contribution in [0.2, 0.25) is 0 Å². The first kappa shape index (κ1) is 13.6. The normalized spacial score (nSPS) is 16.8. The van der Waals surface area contributed by atoms with Crippen molar-refractivity contribution in [2.24, 2.45) is 5.73 Å². The van der Waals surface area contributed by atoms with E-state index in [1.807, 2.05) is 12.1 Å². The molecule has 5 N–H and O–H groups in total. The van der Waals surface area contributed by atoms with Gasteiger partial charge in [0.1, 0.15) is 0 Å². The molecule has 1 aliphatic rings. The number of anilines is 1. The number of carbonyl (C=O) groups excluding carboxylic acids is 1. The number of amides is 1. The molecule has 1 heterocycles. The number of aromatic nitrogens is 2. The Balaban J connectivity index is 1.72. The van der Waals surface area contributed by atoms with Crippen molar-refractivity contribution in [1.29, 1.82) is 0 Å². The van der Waals surface area contributed by atoms with Gasteiger partial charge in [-0.3, -0.25) is 19.8 Å². The topological polar surface area (TPSA) is 104 Å². The largest absolute Gasteiger partial charge is 0.324 e. The van der Waals surface area contributed by atoms with E-state index >= 15 is 0 Å².